The molecule has 0 heterocycles. The maximum atomic E-state index is 12.6. The first kappa shape index (κ1) is 22.2. The molecular weight excluding hydrogens is 346 g/mol. The molecule has 0 aromatic heterocycles. The lowest BCUT2D eigenvalue weighted by molar-refractivity contribution is -0.155. The number of amides is 1. The fourth-order valence-corrected chi connectivity index (χ4v) is 2.40. The van der Waals surface area contributed by atoms with E-state index in [1.807, 2.05) is 57.2 Å². The minimum atomic E-state index is -1.06. The molecule has 0 radical (unpaired) electrons. The van der Waals surface area contributed by atoms with Crippen LogP contribution in [0.3, 0.4) is 0 Å². The molecule has 146 valence electrons. The molecule has 1 aromatic carbocycles. The van der Waals surface area contributed by atoms with Crippen molar-refractivity contribution in [1.82, 2.24) is 5.32 Å². The third kappa shape index (κ3) is 7.90. The van der Waals surface area contributed by atoms with Gasteiger partial charge >= 0.3 is 11.9 Å². The Kier molecular flexibility index (Phi) is 8.99. The predicted molar refractivity (Wildman–Crippen MR) is 103 cm³/mol. The van der Waals surface area contributed by atoms with E-state index in [1.54, 1.807) is 6.08 Å². The Labute approximate surface area is 159 Å². The van der Waals surface area contributed by atoms with Gasteiger partial charge in [-0.05, 0) is 26.3 Å². The molecule has 6 heteroatoms. The van der Waals surface area contributed by atoms with Crippen molar-refractivity contribution in [3.05, 3.63) is 59.7 Å². The number of carbonyl (C=O) groups is 3. The Morgan fingerprint density at radius 1 is 1.15 bits per heavy atom. The van der Waals surface area contributed by atoms with E-state index in [9.17, 15) is 14.4 Å². The van der Waals surface area contributed by atoms with E-state index in [4.69, 9.17) is 9.84 Å². The van der Waals surface area contributed by atoms with E-state index in [-0.39, 0.29) is 12.3 Å². The monoisotopic (exact) mass is 373 g/mol. The van der Waals surface area contributed by atoms with Crippen LogP contribution in [-0.2, 0) is 19.1 Å². The molecule has 1 rings (SSSR count). The number of carbonyl (C=O) groups excluding carboxylic acids is 2. The number of rotatable bonds is 9. The lowest BCUT2D eigenvalue weighted by Gasteiger charge is -2.25. The molecule has 0 aliphatic rings. The van der Waals surface area contributed by atoms with E-state index in [1.165, 1.54) is 13.0 Å². The zero-order valence-electron chi connectivity index (χ0n) is 16.1. The summed E-state index contributed by atoms with van der Waals surface area (Å²) < 4.78 is 5.24. The Morgan fingerprint density at radius 3 is 2.33 bits per heavy atom. The fraction of sp³-hybridized carbons (Fsp3) is 0.381. The highest BCUT2D eigenvalue weighted by Crippen LogP contribution is 2.21. The second kappa shape index (κ2) is 11.0. The van der Waals surface area contributed by atoms with Gasteiger partial charge in [0.2, 0.25) is 5.91 Å². The molecule has 2 N–H and O–H groups in total. The summed E-state index contributed by atoms with van der Waals surface area (Å²) in [6.45, 7) is 7.03. The van der Waals surface area contributed by atoms with E-state index in [0.29, 0.717) is 0 Å². The number of aliphatic carboxylic acids is 1. The van der Waals surface area contributed by atoms with Crippen molar-refractivity contribution in [1.29, 1.82) is 0 Å². The van der Waals surface area contributed by atoms with E-state index in [0.717, 1.165) is 11.1 Å². The van der Waals surface area contributed by atoms with Crippen molar-refractivity contribution >= 4 is 17.8 Å². The molecule has 1 amide bonds. The number of allylic oxidation sites excluding steroid dienone is 3. The molecular formula is C21H27NO5. The van der Waals surface area contributed by atoms with Crippen LogP contribution in [0, 0.1) is 0 Å². The second-order valence-electron chi connectivity index (χ2n) is 6.40. The minimum absolute atomic E-state index is 0.299. The normalized spacial score (nSPS) is 15.0. The Morgan fingerprint density at radius 2 is 1.78 bits per heavy atom. The third-order valence-corrected chi connectivity index (χ3v) is 4.11. The van der Waals surface area contributed by atoms with Crippen LogP contribution in [0.2, 0.25) is 0 Å². The smallest absolute Gasteiger partial charge is 0.329 e. The summed E-state index contributed by atoms with van der Waals surface area (Å²) in [6, 6.07) is 8.33. The van der Waals surface area contributed by atoms with Crippen LogP contribution in [0.5, 0.6) is 0 Å². The topological polar surface area (TPSA) is 92.7 Å². The summed E-state index contributed by atoms with van der Waals surface area (Å²) in [6.07, 6.45) is 3.77. The predicted octanol–water partition coefficient (Wildman–Crippen LogP) is 3.20. The van der Waals surface area contributed by atoms with Crippen LogP contribution in [0.4, 0.5) is 0 Å². The van der Waals surface area contributed by atoms with Crippen LogP contribution in [0.15, 0.2) is 54.1 Å². The highest BCUT2D eigenvalue weighted by Gasteiger charge is 2.30. The van der Waals surface area contributed by atoms with Gasteiger partial charge in [0.15, 0.2) is 0 Å². The summed E-state index contributed by atoms with van der Waals surface area (Å²) in [4.78, 5) is 35.7. The molecule has 0 aliphatic heterocycles. The van der Waals surface area contributed by atoms with Crippen LogP contribution in [0.1, 0.15) is 45.6 Å². The number of carboxylic acids is 1. The van der Waals surface area contributed by atoms with Gasteiger partial charge < -0.3 is 15.2 Å². The average Bonchev–Trinajstić information content (AvgIpc) is 2.63. The number of esters is 1. The highest BCUT2D eigenvalue weighted by molar-refractivity contribution is 5.92. The molecule has 0 saturated carbocycles. The molecule has 0 fully saturated rings. The van der Waals surface area contributed by atoms with E-state index >= 15 is 0 Å². The van der Waals surface area contributed by atoms with Gasteiger partial charge in [0, 0.05) is 12.0 Å². The van der Waals surface area contributed by atoms with Gasteiger partial charge in [-0.3, -0.25) is 9.59 Å². The van der Waals surface area contributed by atoms with Crippen molar-refractivity contribution < 1.29 is 24.2 Å². The summed E-state index contributed by atoms with van der Waals surface area (Å²) in [5.41, 5.74) is 1.77. The lowest BCUT2D eigenvalue weighted by atomic mass is 9.93. The van der Waals surface area contributed by atoms with Gasteiger partial charge in [-0.1, -0.05) is 55.0 Å². The Hall–Kier alpha value is -2.89. The van der Waals surface area contributed by atoms with Gasteiger partial charge in [-0.2, -0.15) is 0 Å². The minimum Gasteiger partial charge on any atom is -0.481 e. The van der Waals surface area contributed by atoms with Crippen molar-refractivity contribution in [2.45, 2.75) is 52.2 Å². The van der Waals surface area contributed by atoms with Crippen molar-refractivity contribution in [2.75, 3.05) is 0 Å². The molecule has 1 aromatic rings. The molecule has 27 heavy (non-hydrogen) atoms. The number of hydrogen-bond acceptors (Lipinski definition) is 4. The number of carboxylic acid groups (broad SMARTS) is 1. The number of hydrogen-bond donors (Lipinski definition) is 2. The zero-order valence-corrected chi connectivity index (χ0v) is 16.1. The Bertz CT molecular complexity index is 709. The Balaban J connectivity index is 2.98. The standard InChI is InChI=1S/C21H27NO5/c1-5-14(2)11-12-18(23)22-20(16(4)17-9-7-6-8-10-17)21(26)27-15(3)13-19(24)25/h5-12,15-16,20H,13H2,1-4H3,(H,22,23)(H,24,25). The first-order chi connectivity index (χ1) is 12.7. The molecule has 0 saturated heterocycles. The quantitative estimate of drug-likeness (QED) is 0.394. The molecule has 3 atom stereocenters. The van der Waals surface area contributed by atoms with Crippen molar-refractivity contribution in [2.24, 2.45) is 0 Å². The average molecular weight is 373 g/mol. The first-order valence-corrected chi connectivity index (χ1v) is 8.83. The number of benzene rings is 1. The SMILES string of the molecule is CC=C(C)C=CC(=O)NC(C(=O)OC(C)CC(=O)O)C(C)c1ccccc1. The van der Waals surface area contributed by atoms with Gasteiger partial charge in [-0.15, -0.1) is 0 Å². The van der Waals surface area contributed by atoms with Crippen molar-refractivity contribution in [3.8, 4) is 0 Å². The van der Waals surface area contributed by atoms with Gasteiger partial charge in [0.25, 0.3) is 0 Å². The van der Waals surface area contributed by atoms with Crippen LogP contribution in [-0.4, -0.2) is 35.1 Å². The third-order valence-electron chi connectivity index (χ3n) is 4.11. The zero-order chi connectivity index (χ0) is 20.4. The summed E-state index contributed by atoms with van der Waals surface area (Å²) in [5.74, 6) is -2.50. The molecule has 0 bridgehead atoms. The summed E-state index contributed by atoms with van der Waals surface area (Å²) in [5, 5.41) is 11.5. The largest absolute Gasteiger partial charge is 0.481 e. The fourth-order valence-electron chi connectivity index (χ4n) is 2.40. The maximum absolute atomic E-state index is 12.6. The number of ether oxygens (including phenoxy) is 1. The molecule has 3 unspecified atom stereocenters. The maximum Gasteiger partial charge on any atom is 0.329 e. The van der Waals surface area contributed by atoms with E-state index < -0.39 is 30.0 Å². The highest BCUT2D eigenvalue weighted by atomic mass is 16.5. The van der Waals surface area contributed by atoms with Crippen LogP contribution in [0.25, 0.3) is 0 Å². The summed E-state index contributed by atoms with van der Waals surface area (Å²) >= 11 is 0. The lowest BCUT2D eigenvalue weighted by Crippen LogP contribution is -2.45. The molecule has 6 nitrogen and oxygen atoms in total. The molecule has 0 spiro atoms. The van der Waals surface area contributed by atoms with Crippen LogP contribution >= 0.6 is 0 Å². The van der Waals surface area contributed by atoms with Gasteiger partial charge in [-0.25, -0.2) is 4.79 Å². The van der Waals surface area contributed by atoms with Gasteiger partial charge in [0.05, 0.1) is 6.42 Å². The van der Waals surface area contributed by atoms with Crippen molar-refractivity contribution in [3.63, 3.8) is 0 Å². The van der Waals surface area contributed by atoms with Gasteiger partial charge in [0.1, 0.15) is 12.1 Å². The van der Waals surface area contributed by atoms with E-state index in [2.05, 4.69) is 5.32 Å². The molecule has 0 aliphatic carbocycles. The van der Waals surface area contributed by atoms with Crippen LogP contribution < -0.4 is 5.32 Å². The second-order valence-corrected chi connectivity index (χ2v) is 6.40. The summed E-state index contributed by atoms with van der Waals surface area (Å²) in [7, 11) is 0. The number of nitrogens with one attached hydrogen (secondary N) is 1. The first-order valence-electron chi connectivity index (χ1n) is 8.83.